The van der Waals surface area contributed by atoms with Crippen molar-refractivity contribution >= 4 is 23.7 Å². The molecule has 2 saturated heterocycles. The Kier molecular flexibility index (Phi) is 6.21. The zero-order chi connectivity index (χ0) is 29.7. The van der Waals surface area contributed by atoms with E-state index >= 15 is 0 Å². The summed E-state index contributed by atoms with van der Waals surface area (Å²) in [7, 11) is 1.34. The SMILES string of the molecule is CC=C(C)C(=O)O[C@@H]1[C@@H]2C(=O)[C@](C)([C@H]3CC[C@]4(C)[C@@H](CC(=O)O[C@H]4c4ccoc4)[C@]34O[C@H]24)[C@@H](CC(=O)OC)C1(C)C. The smallest absolute Gasteiger partial charge is 0.333 e. The van der Waals surface area contributed by atoms with Crippen LogP contribution in [0.2, 0.25) is 0 Å². The van der Waals surface area contributed by atoms with Gasteiger partial charge in [-0.2, -0.15) is 0 Å². The number of epoxide rings is 1. The molecule has 3 aliphatic carbocycles. The summed E-state index contributed by atoms with van der Waals surface area (Å²) >= 11 is 0. The number of carbonyl (C=O) groups is 4. The molecule has 2 aliphatic heterocycles. The van der Waals surface area contributed by atoms with Crippen molar-refractivity contribution in [1.29, 1.82) is 0 Å². The van der Waals surface area contributed by atoms with Crippen LogP contribution in [-0.2, 0) is 38.1 Å². The lowest BCUT2D eigenvalue weighted by atomic mass is 9.37. The fourth-order valence-electron chi connectivity index (χ4n) is 9.63. The third kappa shape index (κ3) is 3.56. The number of hydrogen-bond donors (Lipinski definition) is 0. The molecule has 9 heteroatoms. The maximum absolute atomic E-state index is 14.6. The van der Waals surface area contributed by atoms with Gasteiger partial charge in [0.05, 0.1) is 32.0 Å². The van der Waals surface area contributed by atoms with Crippen LogP contribution in [0.25, 0.3) is 0 Å². The minimum Gasteiger partial charge on any atom is -0.472 e. The molecule has 1 spiro atoms. The summed E-state index contributed by atoms with van der Waals surface area (Å²) in [6, 6.07) is 1.83. The van der Waals surface area contributed by atoms with Gasteiger partial charge in [0, 0.05) is 45.6 Å². The highest BCUT2D eigenvalue weighted by atomic mass is 16.6. The summed E-state index contributed by atoms with van der Waals surface area (Å²) < 4.78 is 29.4. The van der Waals surface area contributed by atoms with E-state index in [9.17, 15) is 19.2 Å². The quantitative estimate of drug-likeness (QED) is 0.215. The Balaban J connectivity index is 1.49. The number of cyclic esters (lactones) is 1. The second-order valence-corrected chi connectivity index (χ2v) is 13.8. The van der Waals surface area contributed by atoms with E-state index in [2.05, 4.69) is 6.92 Å². The molecule has 1 aromatic rings. The standard InChI is InChI=1S/C32H40O9/c1-8-16(2)28(36)40-26-23-24(35)31(6,19(29(26,3)4)13-21(33)37-7)18-9-11-30(5)20(32(18)27(23)41-32)14-22(34)39-25(30)17-10-12-38-15-17/h8,10,12,15,18-20,23,25-27H,9,11,13-14H2,1-7H3/t18-,19+,20-,23+,25+,26-,27-,30-,31-,32-/m1/s1. The highest BCUT2D eigenvalue weighted by Gasteiger charge is 2.86. The Morgan fingerprint density at radius 1 is 1.15 bits per heavy atom. The maximum atomic E-state index is 14.6. The summed E-state index contributed by atoms with van der Waals surface area (Å²) in [5, 5.41) is 0. The predicted molar refractivity (Wildman–Crippen MR) is 144 cm³/mol. The second kappa shape index (κ2) is 9.03. The Labute approximate surface area is 240 Å². The molecular formula is C32H40O9. The van der Waals surface area contributed by atoms with Crippen molar-refractivity contribution in [3.63, 3.8) is 0 Å². The number of ketones is 1. The van der Waals surface area contributed by atoms with E-state index in [0.29, 0.717) is 18.4 Å². The van der Waals surface area contributed by atoms with Crippen LogP contribution in [0.1, 0.15) is 78.9 Å². The maximum Gasteiger partial charge on any atom is 0.333 e. The molecule has 222 valence electrons. The molecule has 3 heterocycles. The lowest BCUT2D eigenvalue weighted by Gasteiger charge is -2.65. The number of rotatable bonds is 5. The zero-order valence-electron chi connectivity index (χ0n) is 24.9. The topological polar surface area (TPSA) is 122 Å². The minimum atomic E-state index is -0.957. The number of esters is 3. The average Bonchev–Trinajstić information content (AvgIpc) is 3.39. The van der Waals surface area contributed by atoms with E-state index in [4.69, 9.17) is 23.4 Å². The average molecular weight is 569 g/mol. The van der Waals surface area contributed by atoms with Crippen molar-refractivity contribution in [2.75, 3.05) is 7.11 Å². The number of ether oxygens (including phenoxy) is 4. The van der Waals surface area contributed by atoms with E-state index in [-0.39, 0.29) is 36.4 Å². The van der Waals surface area contributed by atoms with Crippen LogP contribution in [0.15, 0.2) is 34.7 Å². The number of Topliss-reactive ketones (excluding diaryl/α,β-unsaturated/α-hetero) is 1. The lowest BCUT2D eigenvalue weighted by molar-refractivity contribution is -0.220. The molecule has 9 nitrogen and oxygen atoms in total. The van der Waals surface area contributed by atoms with Crippen molar-refractivity contribution in [1.82, 2.24) is 0 Å². The number of hydrogen-bond acceptors (Lipinski definition) is 9. The molecule has 0 unspecified atom stereocenters. The van der Waals surface area contributed by atoms with Gasteiger partial charge in [-0.3, -0.25) is 14.4 Å². The van der Waals surface area contributed by atoms with Crippen molar-refractivity contribution < 1.29 is 42.5 Å². The zero-order valence-corrected chi connectivity index (χ0v) is 24.9. The first-order chi connectivity index (χ1) is 19.3. The van der Waals surface area contributed by atoms with Gasteiger partial charge in [0.25, 0.3) is 0 Å². The largest absolute Gasteiger partial charge is 0.472 e. The monoisotopic (exact) mass is 568 g/mol. The summed E-state index contributed by atoms with van der Waals surface area (Å²) in [5.74, 6) is -2.91. The van der Waals surface area contributed by atoms with E-state index in [0.717, 1.165) is 5.56 Å². The molecule has 0 amide bonds. The van der Waals surface area contributed by atoms with Gasteiger partial charge in [0.1, 0.15) is 29.7 Å². The third-order valence-electron chi connectivity index (χ3n) is 11.8. The van der Waals surface area contributed by atoms with Crippen LogP contribution in [0, 0.1) is 39.9 Å². The fraction of sp³-hybridized carbons (Fsp3) is 0.688. The summed E-state index contributed by atoms with van der Waals surface area (Å²) in [6.45, 7) is 11.5. The Bertz CT molecular complexity index is 1330. The van der Waals surface area contributed by atoms with Crippen molar-refractivity contribution in [2.45, 2.75) is 91.1 Å². The van der Waals surface area contributed by atoms with Crippen molar-refractivity contribution in [2.24, 2.45) is 39.9 Å². The number of furan rings is 1. The molecule has 0 radical (unpaired) electrons. The predicted octanol–water partition coefficient (Wildman–Crippen LogP) is 4.74. The normalized spacial score (nSPS) is 44.1. The van der Waals surface area contributed by atoms with Gasteiger partial charge >= 0.3 is 17.9 Å². The molecule has 5 fully saturated rings. The van der Waals surface area contributed by atoms with Crippen LogP contribution < -0.4 is 0 Å². The van der Waals surface area contributed by atoms with Crippen LogP contribution in [0.4, 0.5) is 0 Å². The summed E-state index contributed by atoms with van der Waals surface area (Å²) in [6.07, 6.45) is 4.59. The highest BCUT2D eigenvalue weighted by molar-refractivity contribution is 5.94. The number of carbonyl (C=O) groups excluding carboxylic acids is 4. The van der Waals surface area contributed by atoms with Gasteiger partial charge in [-0.15, -0.1) is 0 Å². The Morgan fingerprint density at radius 2 is 1.88 bits per heavy atom. The van der Waals surface area contributed by atoms with Gasteiger partial charge in [0.2, 0.25) is 0 Å². The first kappa shape index (κ1) is 28.2. The van der Waals surface area contributed by atoms with Crippen LogP contribution in [-0.4, -0.2) is 48.6 Å². The molecule has 0 aromatic carbocycles. The minimum absolute atomic E-state index is 0.00791. The van der Waals surface area contributed by atoms with E-state index < -0.39 is 63.9 Å². The Morgan fingerprint density at radius 3 is 2.51 bits per heavy atom. The van der Waals surface area contributed by atoms with Crippen LogP contribution >= 0.6 is 0 Å². The number of fused-ring (bicyclic) bond motifs is 5. The molecule has 41 heavy (non-hydrogen) atoms. The van der Waals surface area contributed by atoms with Crippen molar-refractivity contribution in [3.8, 4) is 0 Å². The first-order valence-corrected chi connectivity index (χ1v) is 14.6. The molecule has 2 bridgehead atoms. The second-order valence-electron chi connectivity index (χ2n) is 13.8. The molecule has 1 aromatic heterocycles. The fourth-order valence-corrected chi connectivity index (χ4v) is 9.63. The molecule has 6 rings (SSSR count). The van der Waals surface area contributed by atoms with Gasteiger partial charge in [-0.25, -0.2) is 4.79 Å². The highest BCUT2D eigenvalue weighted by Crippen LogP contribution is 2.77. The Hall–Kier alpha value is -2.94. The van der Waals surface area contributed by atoms with E-state index in [1.54, 1.807) is 32.4 Å². The third-order valence-corrected chi connectivity index (χ3v) is 11.8. The summed E-state index contributed by atoms with van der Waals surface area (Å²) in [4.78, 5) is 53.8. The molecule has 3 saturated carbocycles. The van der Waals surface area contributed by atoms with Gasteiger partial charge in [0.15, 0.2) is 0 Å². The number of allylic oxidation sites excluding steroid dienone is 1. The van der Waals surface area contributed by atoms with E-state index in [1.165, 1.54) is 7.11 Å². The van der Waals surface area contributed by atoms with Gasteiger partial charge in [-0.05, 0) is 38.7 Å². The molecule has 10 atom stereocenters. The number of methoxy groups -OCH3 is 1. The van der Waals surface area contributed by atoms with Crippen LogP contribution in [0.3, 0.4) is 0 Å². The lowest BCUT2D eigenvalue weighted by Crippen LogP contribution is -2.72. The van der Waals surface area contributed by atoms with Gasteiger partial charge in [-0.1, -0.05) is 33.8 Å². The van der Waals surface area contributed by atoms with Gasteiger partial charge < -0.3 is 23.4 Å². The van der Waals surface area contributed by atoms with E-state index in [1.807, 2.05) is 26.8 Å². The summed E-state index contributed by atoms with van der Waals surface area (Å²) in [5.41, 5.74) is -1.71. The van der Waals surface area contributed by atoms with Crippen molar-refractivity contribution in [3.05, 3.63) is 35.8 Å². The van der Waals surface area contributed by atoms with Crippen LogP contribution in [0.5, 0.6) is 0 Å². The molecule has 5 aliphatic rings. The molecular weight excluding hydrogens is 528 g/mol. The first-order valence-electron chi connectivity index (χ1n) is 14.6. The molecule has 0 N–H and O–H groups in total.